The van der Waals surface area contributed by atoms with E-state index in [4.69, 9.17) is 16.3 Å². The van der Waals surface area contributed by atoms with E-state index in [0.29, 0.717) is 5.75 Å². The zero-order valence-electron chi connectivity index (χ0n) is 16.8. The van der Waals surface area contributed by atoms with Crippen LogP contribution in [0.25, 0.3) is 16.6 Å². The Hall–Kier alpha value is -3.38. The highest BCUT2D eigenvalue weighted by molar-refractivity contribution is 6.27. The monoisotopic (exact) mass is 437 g/mol. The molecule has 0 bridgehead atoms. The molecule has 0 fully saturated rings. The molecule has 0 saturated heterocycles. The number of nitrogens with one attached hydrogen (secondary N) is 1. The summed E-state index contributed by atoms with van der Waals surface area (Å²) in [5.74, 6) is -0.0136. The minimum absolute atomic E-state index is 0.111. The van der Waals surface area contributed by atoms with Gasteiger partial charge in [0.2, 0.25) is 5.91 Å². The summed E-state index contributed by atoms with van der Waals surface area (Å²) < 4.78 is 21.3. The van der Waals surface area contributed by atoms with Crippen LogP contribution in [0.5, 0.6) is 5.75 Å². The van der Waals surface area contributed by atoms with Crippen LogP contribution in [-0.2, 0) is 4.79 Å². The van der Waals surface area contributed by atoms with Crippen molar-refractivity contribution < 1.29 is 13.9 Å². The number of benzene rings is 3. The molecule has 1 aromatic heterocycles. The maximum absolute atomic E-state index is 13.2. The normalized spacial score (nSPS) is 13.0. The van der Waals surface area contributed by atoms with E-state index >= 15 is 0 Å². The predicted octanol–water partition coefficient (Wildman–Crippen LogP) is 5.03. The van der Waals surface area contributed by atoms with Gasteiger partial charge in [-0.2, -0.15) is 5.10 Å². The second kappa shape index (κ2) is 9.18. The van der Waals surface area contributed by atoms with Gasteiger partial charge in [0.05, 0.1) is 23.4 Å². The Balaban J connectivity index is 1.63. The molecule has 1 heterocycles. The molecule has 4 aromatic rings. The van der Waals surface area contributed by atoms with Crippen LogP contribution in [0.15, 0.2) is 79.0 Å². The number of rotatable bonds is 7. The van der Waals surface area contributed by atoms with Crippen molar-refractivity contribution in [1.29, 1.82) is 0 Å². The molecule has 0 aliphatic rings. The van der Waals surface area contributed by atoms with Crippen LogP contribution in [-0.4, -0.2) is 27.6 Å². The number of halogens is 2. The maximum Gasteiger partial charge on any atom is 0.235 e. The molecule has 3 aromatic carbocycles. The molecular weight excluding hydrogens is 417 g/mol. The zero-order chi connectivity index (χ0) is 21.8. The summed E-state index contributed by atoms with van der Waals surface area (Å²) in [4.78, 5) is 11.8. The fourth-order valence-electron chi connectivity index (χ4n) is 3.49. The van der Waals surface area contributed by atoms with Gasteiger partial charge in [-0.05, 0) is 55.0 Å². The van der Waals surface area contributed by atoms with E-state index in [1.54, 1.807) is 23.0 Å². The smallest absolute Gasteiger partial charge is 0.235 e. The molecule has 1 N–H and O–H groups in total. The van der Waals surface area contributed by atoms with Crippen molar-refractivity contribution in [3.8, 4) is 11.4 Å². The van der Waals surface area contributed by atoms with Gasteiger partial charge in [0.25, 0.3) is 0 Å². The molecule has 0 saturated carbocycles. The third-order valence-electron chi connectivity index (χ3n) is 4.97. The van der Waals surface area contributed by atoms with Gasteiger partial charge >= 0.3 is 0 Å². The van der Waals surface area contributed by atoms with Gasteiger partial charge in [0, 0.05) is 5.39 Å². The Morgan fingerprint density at radius 2 is 1.87 bits per heavy atom. The highest BCUT2D eigenvalue weighted by Crippen LogP contribution is 2.29. The lowest BCUT2D eigenvalue weighted by Crippen LogP contribution is -2.39. The Morgan fingerprint density at radius 1 is 1.13 bits per heavy atom. The summed E-state index contributed by atoms with van der Waals surface area (Å²) in [5, 5.41) is 8.18. The molecular formula is C24H21ClFN3O2. The average molecular weight is 438 g/mol. The average Bonchev–Trinajstić information content (AvgIpc) is 3.21. The number of hydrogen-bond donors (Lipinski definition) is 1. The minimum Gasteiger partial charge on any atom is -0.484 e. The lowest BCUT2D eigenvalue weighted by atomic mass is 10.0. The van der Waals surface area contributed by atoms with Crippen molar-refractivity contribution in [1.82, 2.24) is 15.1 Å². The number of ether oxygens (including phenoxy) is 1. The number of carbonyl (C=O) groups excluding carboxylic acids is 1. The predicted molar refractivity (Wildman–Crippen MR) is 119 cm³/mol. The standard InChI is InChI=1S/C24H21ClFN3O2/c1-16(28-23(30)14-25)24(17-5-3-2-4-6-17)31-21-11-12-22-18(13-21)15-27-29(22)20-9-7-19(26)8-10-20/h2-13,15-16,24H,14H2,1H3,(H,28,30). The maximum atomic E-state index is 13.2. The summed E-state index contributed by atoms with van der Waals surface area (Å²) in [5.41, 5.74) is 2.58. The number of amides is 1. The van der Waals surface area contributed by atoms with Crippen LogP contribution in [0.2, 0.25) is 0 Å². The van der Waals surface area contributed by atoms with Gasteiger partial charge in [0.1, 0.15) is 23.6 Å². The van der Waals surface area contributed by atoms with Crippen LogP contribution in [0.3, 0.4) is 0 Å². The summed E-state index contributed by atoms with van der Waals surface area (Å²) in [7, 11) is 0. The highest BCUT2D eigenvalue weighted by atomic mass is 35.5. The summed E-state index contributed by atoms with van der Waals surface area (Å²) in [6, 6.07) is 21.2. The summed E-state index contributed by atoms with van der Waals surface area (Å²) in [6.45, 7) is 1.88. The highest BCUT2D eigenvalue weighted by Gasteiger charge is 2.23. The number of aromatic nitrogens is 2. The van der Waals surface area contributed by atoms with Crippen LogP contribution in [0, 0.1) is 5.82 Å². The number of nitrogens with zero attached hydrogens (tertiary/aromatic N) is 2. The summed E-state index contributed by atoms with van der Waals surface area (Å²) in [6.07, 6.45) is 1.33. The van der Waals surface area contributed by atoms with Crippen molar-refractivity contribution >= 4 is 28.4 Å². The number of hydrogen-bond acceptors (Lipinski definition) is 3. The van der Waals surface area contributed by atoms with Crippen LogP contribution in [0.4, 0.5) is 4.39 Å². The summed E-state index contributed by atoms with van der Waals surface area (Å²) >= 11 is 5.65. The van der Waals surface area contributed by atoms with E-state index in [-0.39, 0.29) is 23.6 Å². The second-order valence-electron chi connectivity index (χ2n) is 7.19. The van der Waals surface area contributed by atoms with Gasteiger partial charge in [-0.25, -0.2) is 9.07 Å². The molecule has 31 heavy (non-hydrogen) atoms. The van der Waals surface area contributed by atoms with Gasteiger partial charge in [-0.3, -0.25) is 4.79 Å². The Bertz CT molecular complexity index is 1180. The van der Waals surface area contributed by atoms with Crippen molar-refractivity contribution in [3.05, 3.63) is 90.4 Å². The lowest BCUT2D eigenvalue weighted by molar-refractivity contribution is -0.119. The molecule has 7 heteroatoms. The number of alkyl halides is 1. The zero-order valence-corrected chi connectivity index (χ0v) is 17.6. The molecule has 0 radical (unpaired) electrons. The SMILES string of the molecule is CC(NC(=O)CCl)C(Oc1ccc2c(cnn2-c2ccc(F)cc2)c1)c1ccccc1. The molecule has 4 rings (SSSR count). The van der Waals surface area contributed by atoms with E-state index in [0.717, 1.165) is 22.2 Å². The van der Waals surface area contributed by atoms with Crippen molar-refractivity contribution in [2.24, 2.45) is 0 Å². The van der Waals surface area contributed by atoms with Crippen molar-refractivity contribution in [3.63, 3.8) is 0 Å². The van der Waals surface area contributed by atoms with E-state index in [9.17, 15) is 9.18 Å². The third-order valence-corrected chi connectivity index (χ3v) is 5.21. The Kier molecular flexibility index (Phi) is 6.18. The molecule has 0 aliphatic heterocycles. The van der Waals surface area contributed by atoms with Crippen molar-refractivity contribution in [2.45, 2.75) is 19.1 Å². The first-order valence-corrected chi connectivity index (χ1v) is 10.4. The van der Waals surface area contributed by atoms with E-state index in [1.165, 1.54) is 12.1 Å². The number of carbonyl (C=O) groups is 1. The third kappa shape index (κ3) is 4.70. The van der Waals surface area contributed by atoms with Crippen LogP contribution in [0.1, 0.15) is 18.6 Å². The van der Waals surface area contributed by atoms with E-state index < -0.39 is 6.10 Å². The van der Waals surface area contributed by atoms with Gasteiger partial charge in [-0.15, -0.1) is 11.6 Å². The molecule has 1 amide bonds. The molecule has 2 unspecified atom stereocenters. The largest absolute Gasteiger partial charge is 0.484 e. The first-order valence-electron chi connectivity index (χ1n) is 9.86. The van der Waals surface area contributed by atoms with E-state index in [1.807, 2.05) is 55.5 Å². The minimum atomic E-state index is -0.405. The van der Waals surface area contributed by atoms with Crippen LogP contribution < -0.4 is 10.1 Å². The Morgan fingerprint density at radius 3 is 2.58 bits per heavy atom. The molecule has 5 nitrogen and oxygen atoms in total. The van der Waals surface area contributed by atoms with E-state index in [2.05, 4.69) is 10.4 Å². The van der Waals surface area contributed by atoms with Crippen LogP contribution >= 0.6 is 11.6 Å². The first kappa shape index (κ1) is 20.9. The lowest BCUT2D eigenvalue weighted by Gasteiger charge is -2.26. The van der Waals surface area contributed by atoms with Gasteiger partial charge in [-0.1, -0.05) is 30.3 Å². The molecule has 2 atom stereocenters. The fourth-order valence-corrected chi connectivity index (χ4v) is 3.57. The fraction of sp³-hybridized carbons (Fsp3) is 0.167. The topological polar surface area (TPSA) is 56.1 Å². The van der Waals surface area contributed by atoms with Gasteiger partial charge in [0.15, 0.2) is 0 Å². The first-order chi connectivity index (χ1) is 15.0. The molecule has 0 spiro atoms. The Labute approximate surface area is 184 Å². The molecule has 0 aliphatic carbocycles. The molecule has 158 valence electrons. The quantitative estimate of drug-likeness (QED) is 0.413. The van der Waals surface area contributed by atoms with Crippen molar-refractivity contribution in [2.75, 3.05) is 5.88 Å². The second-order valence-corrected chi connectivity index (χ2v) is 7.46. The number of fused-ring (bicyclic) bond motifs is 1. The van der Waals surface area contributed by atoms with Gasteiger partial charge < -0.3 is 10.1 Å².